The first-order valence-corrected chi connectivity index (χ1v) is 9.52. The highest BCUT2D eigenvalue weighted by molar-refractivity contribution is 5.95. The van der Waals surface area contributed by atoms with Crippen LogP contribution in [0.1, 0.15) is 21.5 Å². The van der Waals surface area contributed by atoms with Crippen molar-refractivity contribution in [3.8, 4) is 11.5 Å². The summed E-state index contributed by atoms with van der Waals surface area (Å²) in [6.45, 7) is 2.73. The average molecular weight is 389 g/mol. The smallest absolute Gasteiger partial charge is 0.252 e. The van der Waals surface area contributed by atoms with Gasteiger partial charge in [0.25, 0.3) is 5.91 Å². The third-order valence-electron chi connectivity index (χ3n) is 4.54. The van der Waals surface area contributed by atoms with Crippen molar-refractivity contribution in [2.24, 2.45) is 5.73 Å². The maximum absolute atomic E-state index is 11.4. The summed E-state index contributed by atoms with van der Waals surface area (Å²) in [6.07, 6.45) is 2.19. The normalized spacial score (nSPS) is 10.8. The lowest BCUT2D eigenvalue weighted by molar-refractivity contribution is 0.0997. The topological polar surface area (TPSA) is 75.8 Å². The van der Waals surface area contributed by atoms with Gasteiger partial charge in [0.15, 0.2) is 0 Å². The van der Waals surface area contributed by atoms with Crippen LogP contribution in [0, 0.1) is 6.42 Å². The molecule has 3 aromatic rings. The average Bonchev–Trinajstić information content (AvgIpc) is 2.74. The van der Waals surface area contributed by atoms with Gasteiger partial charge in [-0.05, 0) is 29.3 Å². The van der Waals surface area contributed by atoms with Crippen LogP contribution in [0.3, 0.4) is 0 Å². The number of primary amides is 1. The van der Waals surface area contributed by atoms with E-state index >= 15 is 0 Å². The van der Waals surface area contributed by atoms with Crippen LogP contribution in [-0.2, 0) is 6.54 Å². The minimum atomic E-state index is -0.684. The Kier molecular flexibility index (Phi) is 7.25. The molecule has 0 aliphatic carbocycles. The van der Waals surface area contributed by atoms with Gasteiger partial charge in [0.05, 0.1) is 5.56 Å². The Hall–Kier alpha value is -3.31. The van der Waals surface area contributed by atoms with Crippen molar-refractivity contribution < 1.29 is 14.6 Å². The first-order valence-electron chi connectivity index (χ1n) is 9.52. The Balaban J connectivity index is 1.60. The van der Waals surface area contributed by atoms with E-state index < -0.39 is 5.91 Å². The standard InChI is InChI=1S/C24H25N2O3/c25-24(28)22-17-21(11-12-23(22)27)29-16-15-26(18-20-9-5-2-6-10-20)14-13-19-7-3-1-4-8-19/h1-13,17,27H,14-16,18H2,(H2,25,28). The molecule has 5 heteroatoms. The molecular formula is C24H25N2O3. The second kappa shape index (κ2) is 10.3. The number of ether oxygens (including phenoxy) is 1. The van der Waals surface area contributed by atoms with E-state index in [1.807, 2.05) is 36.4 Å². The van der Waals surface area contributed by atoms with Crippen LogP contribution in [-0.4, -0.2) is 35.6 Å². The van der Waals surface area contributed by atoms with Gasteiger partial charge in [0.2, 0.25) is 0 Å². The van der Waals surface area contributed by atoms with Gasteiger partial charge < -0.3 is 15.6 Å². The fraction of sp³-hybridized carbons (Fsp3) is 0.167. The van der Waals surface area contributed by atoms with E-state index in [2.05, 4.69) is 35.6 Å². The lowest BCUT2D eigenvalue weighted by atomic mass is 10.1. The Morgan fingerprint density at radius 2 is 1.69 bits per heavy atom. The number of aromatic hydroxyl groups is 1. The molecule has 29 heavy (non-hydrogen) atoms. The van der Waals surface area contributed by atoms with Crippen molar-refractivity contribution >= 4 is 5.91 Å². The van der Waals surface area contributed by atoms with Crippen LogP contribution in [0.15, 0.2) is 78.9 Å². The molecule has 0 spiro atoms. The predicted octanol–water partition coefficient (Wildman–Crippen LogP) is 3.62. The largest absolute Gasteiger partial charge is 0.507 e. The minimum absolute atomic E-state index is 0.0565. The molecule has 3 rings (SSSR count). The SMILES string of the molecule is NC(=O)c1cc(OCCN(C[CH]c2ccccc2)Cc2ccccc2)ccc1O. The van der Waals surface area contributed by atoms with Gasteiger partial charge in [-0.25, -0.2) is 0 Å². The van der Waals surface area contributed by atoms with Gasteiger partial charge in [-0.15, -0.1) is 0 Å². The third kappa shape index (κ3) is 6.36. The molecule has 1 amide bonds. The zero-order valence-electron chi connectivity index (χ0n) is 16.2. The molecule has 0 aliphatic heterocycles. The highest BCUT2D eigenvalue weighted by Gasteiger charge is 2.10. The number of benzene rings is 3. The second-order valence-corrected chi connectivity index (χ2v) is 6.73. The summed E-state index contributed by atoms with van der Waals surface area (Å²) < 4.78 is 5.80. The molecule has 0 heterocycles. The van der Waals surface area contributed by atoms with Gasteiger partial charge in [-0.1, -0.05) is 60.7 Å². The fourth-order valence-electron chi connectivity index (χ4n) is 3.00. The van der Waals surface area contributed by atoms with Crippen LogP contribution in [0.5, 0.6) is 11.5 Å². The van der Waals surface area contributed by atoms with Crippen molar-refractivity contribution in [1.29, 1.82) is 0 Å². The van der Waals surface area contributed by atoms with Crippen molar-refractivity contribution in [1.82, 2.24) is 4.90 Å². The summed E-state index contributed by atoms with van der Waals surface area (Å²) in [5.41, 5.74) is 7.74. The Bertz CT molecular complexity index is 914. The summed E-state index contributed by atoms with van der Waals surface area (Å²) in [7, 11) is 0. The molecule has 0 saturated heterocycles. The summed E-state index contributed by atoms with van der Waals surface area (Å²) in [4.78, 5) is 13.7. The Morgan fingerprint density at radius 1 is 1.00 bits per heavy atom. The number of phenols is 1. The van der Waals surface area contributed by atoms with Gasteiger partial charge in [-0.3, -0.25) is 9.69 Å². The molecule has 149 valence electrons. The highest BCUT2D eigenvalue weighted by atomic mass is 16.5. The number of nitrogens with zero attached hydrogens (tertiary/aromatic N) is 1. The van der Waals surface area contributed by atoms with Crippen LogP contribution in [0.25, 0.3) is 0 Å². The Labute approximate surface area is 171 Å². The number of carbonyl (C=O) groups is 1. The van der Waals surface area contributed by atoms with Crippen molar-refractivity contribution in [2.75, 3.05) is 19.7 Å². The molecule has 0 aromatic heterocycles. The third-order valence-corrected chi connectivity index (χ3v) is 4.54. The lowest BCUT2D eigenvalue weighted by Crippen LogP contribution is -2.29. The number of rotatable bonds is 10. The van der Waals surface area contributed by atoms with Crippen LogP contribution in [0.2, 0.25) is 0 Å². The summed E-state index contributed by atoms with van der Waals surface area (Å²) >= 11 is 0. The molecule has 3 aromatic carbocycles. The van der Waals surface area contributed by atoms with E-state index in [1.54, 1.807) is 6.07 Å². The van der Waals surface area contributed by atoms with Crippen molar-refractivity contribution in [3.63, 3.8) is 0 Å². The van der Waals surface area contributed by atoms with E-state index in [-0.39, 0.29) is 11.3 Å². The predicted molar refractivity (Wildman–Crippen MR) is 114 cm³/mol. The van der Waals surface area contributed by atoms with E-state index in [0.29, 0.717) is 18.9 Å². The molecule has 1 radical (unpaired) electrons. The zero-order valence-corrected chi connectivity index (χ0v) is 16.2. The number of amides is 1. The van der Waals surface area contributed by atoms with E-state index in [0.717, 1.165) is 13.1 Å². The van der Waals surface area contributed by atoms with Crippen LogP contribution < -0.4 is 10.5 Å². The Morgan fingerprint density at radius 3 is 2.38 bits per heavy atom. The van der Waals surface area contributed by atoms with E-state index in [1.165, 1.54) is 23.3 Å². The van der Waals surface area contributed by atoms with Crippen molar-refractivity contribution in [3.05, 3.63) is 102 Å². The maximum atomic E-state index is 11.4. The summed E-state index contributed by atoms with van der Waals surface area (Å²) in [5.74, 6) is -0.326. The minimum Gasteiger partial charge on any atom is -0.507 e. The monoisotopic (exact) mass is 389 g/mol. The zero-order chi connectivity index (χ0) is 20.5. The van der Waals surface area contributed by atoms with Gasteiger partial charge in [0, 0.05) is 26.1 Å². The molecule has 0 saturated carbocycles. The number of hydrogen-bond donors (Lipinski definition) is 2. The summed E-state index contributed by atoms with van der Waals surface area (Å²) in [5, 5.41) is 9.69. The number of nitrogens with two attached hydrogens (primary N) is 1. The van der Waals surface area contributed by atoms with Gasteiger partial charge in [0.1, 0.15) is 18.1 Å². The molecular weight excluding hydrogens is 364 g/mol. The molecule has 0 unspecified atom stereocenters. The van der Waals surface area contributed by atoms with E-state index in [4.69, 9.17) is 10.5 Å². The van der Waals surface area contributed by atoms with Crippen LogP contribution >= 0.6 is 0 Å². The molecule has 0 aliphatic rings. The van der Waals surface area contributed by atoms with Crippen molar-refractivity contribution in [2.45, 2.75) is 6.54 Å². The summed E-state index contributed by atoms with van der Waals surface area (Å²) in [6, 6.07) is 25.0. The number of carbonyl (C=O) groups excluding carboxylic acids is 1. The van der Waals surface area contributed by atoms with E-state index in [9.17, 15) is 9.90 Å². The van der Waals surface area contributed by atoms with Gasteiger partial charge >= 0.3 is 0 Å². The molecule has 3 N–H and O–H groups in total. The number of hydrogen-bond acceptors (Lipinski definition) is 4. The quantitative estimate of drug-likeness (QED) is 0.555. The maximum Gasteiger partial charge on any atom is 0.252 e. The second-order valence-electron chi connectivity index (χ2n) is 6.73. The lowest BCUT2D eigenvalue weighted by Gasteiger charge is -2.22. The van der Waals surface area contributed by atoms with Gasteiger partial charge in [-0.2, -0.15) is 0 Å². The molecule has 0 bridgehead atoms. The first kappa shape index (κ1) is 20.4. The van der Waals surface area contributed by atoms with Crippen LogP contribution in [0.4, 0.5) is 0 Å². The molecule has 0 atom stereocenters. The first-order chi connectivity index (χ1) is 14.1. The molecule has 5 nitrogen and oxygen atoms in total. The molecule has 0 fully saturated rings. The fourth-order valence-corrected chi connectivity index (χ4v) is 3.00. The highest BCUT2D eigenvalue weighted by Crippen LogP contribution is 2.22.